The van der Waals surface area contributed by atoms with E-state index in [0.717, 1.165) is 31.4 Å². The van der Waals surface area contributed by atoms with Crippen LogP contribution in [0.2, 0.25) is 10.0 Å². The lowest BCUT2D eigenvalue weighted by molar-refractivity contribution is -0.218. The summed E-state index contributed by atoms with van der Waals surface area (Å²) in [5, 5.41) is 3.37. The van der Waals surface area contributed by atoms with Crippen molar-refractivity contribution in [3.63, 3.8) is 0 Å². The molecule has 3 aromatic rings. The fourth-order valence-corrected chi connectivity index (χ4v) is 4.74. The number of aromatic nitrogens is 2. The summed E-state index contributed by atoms with van der Waals surface area (Å²) < 4.78 is 14.8. The van der Waals surface area contributed by atoms with Crippen molar-refractivity contribution in [3.8, 4) is 0 Å². The highest BCUT2D eigenvalue weighted by Crippen LogP contribution is 2.33. The second-order valence-corrected chi connectivity index (χ2v) is 8.78. The molecule has 28 heavy (non-hydrogen) atoms. The van der Waals surface area contributed by atoms with Gasteiger partial charge in [0.25, 0.3) is 0 Å². The van der Waals surface area contributed by atoms with Gasteiger partial charge in [-0.3, -0.25) is 0 Å². The fraction of sp³-hybridized carbons (Fsp3) is 0.381. The predicted octanol–water partition coefficient (Wildman–Crippen LogP) is 6.15. The Labute approximate surface area is 179 Å². The quantitative estimate of drug-likeness (QED) is 0.445. The minimum Gasteiger partial charge on any atom is -0.348 e. The van der Waals surface area contributed by atoms with Crippen LogP contribution in [0.3, 0.4) is 0 Å². The molecule has 1 fully saturated rings. The first kappa shape index (κ1) is 19.9. The van der Waals surface area contributed by atoms with E-state index in [1.807, 2.05) is 30.7 Å². The predicted molar refractivity (Wildman–Crippen MR) is 113 cm³/mol. The van der Waals surface area contributed by atoms with Crippen LogP contribution in [0.5, 0.6) is 0 Å². The molecule has 1 aliphatic rings. The number of hydrogen-bond acceptors (Lipinski definition) is 4. The van der Waals surface area contributed by atoms with Crippen molar-refractivity contribution in [1.82, 2.24) is 9.55 Å². The largest absolute Gasteiger partial charge is 0.348 e. The molecular weight excluding hydrogens is 415 g/mol. The van der Waals surface area contributed by atoms with E-state index >= 15 is 0 Å². The highest BCUT2D eigenvalue weighted by atomic mass is 35.5. The van der Waals surface area contributed by atoms with E-state index in [2.05, 4.69) is 21.0 Å². The molecule has 3 heterocycles. The Balaban J connectivity index is 1.45. The summed E-state index contributed by atoms with van der Waals surface area (Å²) in [6.07, 6.45) is 9.09. The molecule has 2 aromatic heterocycles. The molecule has 4 nitrogen and oxygen atoms in total. The summed E-state index contributed by atoms with van der Waals surface area (Å²) in [7, 11) is 0. The Morgan fingerprint density at radius 2 is 2.21 bits per heavy atom. The van der Waals surface area contributed by atoms with Gasteiger partial charge in [0.1, 0.15) is 0 Å². The van der Waals surface area contributed by atoms with Crippen molar-refractivity contribution in [3.05, 3.63) is 74.9 Å². The van der Waals surface area contributed by atoms with Crippen LogP contribution in [0, 0.1) is 0 Å². The Kier molecular flexibility index (Phi) is 6.70. The van der Waals surface area contributed by atoms with Crippen LogP contribution in [0.15, 0.2) is 54.4 Å². The van der Waals surface area contributed by atoms with E-state index in [1.165, 1.54) is 4.88 Å². The van der Waals surface area contributed by atoms with Crippen molar-refractivity contribution >= 4 is 34.5 Å². The zero-order valence-electron chi connectivity index (χ0n) is 15.3. The minimum absolute atomic E-state index is 0.101. The lowest BCUT2D eigenvalue weighted by atomic mass is 10.1. The van der Waals surface area contributed by atoms with Crippen LogP contribution < -0.4 is 0 Å². The maximum atomic E-state index is 6.45. The lowest BCUT2D eigenvalue weighted by Gasteiger charge is -2.32. The molecule has 0 spiro atoms. The highest BCUT2D eigenvalue weighted by Gasteiger charge is 2.27. The number of benzene rings is 1. The summed E-state index contributed by atoms with van der Waals surface area (Å²) in [4.78, 5) is 5.28. The Morgan fingerprint density at radius 1 is 1.29 bits per heavy atom. The molecular formula is C21H22Cl2N2O2S. The van der Waals surface area contributed by atoms with E-state index in [4.69, 9.17) is 32.7 Å². The first-order chi connectivity index (χ1) is 13.7. The minimum atomic E-state index is -0.222. The van der Waals surface area contributed by atoms with Crippen molar-refractivity contribution in [2.75, 3.05) is 0 Å². The third-order valence-electron chi connectivity index (χ3n) is 4.88. The number of ether oxygens (including phenoxy) is 2. The first-order valence-electron chi connectivity index (χ1n) is 9.41. The molecule has 1 aromatic carbocycles. The van der Waals surface area contributed by atoms with Gasteiger partial charge in [0.05, 0.1) is 18.5 Å². The standard InChI is InChI=1S/C21H22Cl2N2O2S/c22-16-7-6-15(18(23)12-16)11-19(20-4-2-10-28-20)27-21-5-1-3-17(26-21)13-25-9-8-24-14-25/h2,4,6-10,12,14,17,19,21H,1,3,5,11,13H2. The lowest BCUT2D eigenvalue weighted by Crippen LogP contribution is -2.33. The molecule has 0 aliphatic carbocycles. The maximum absolute atomic E-state index is 6.45. The molecule has 0 amide bonds. The topological polar surface area (TPSA) is 36.3 Å². The van der Waals surface area contributed by atoms with Crippen LogP contribution >= 0.6 is 34.5 Å². The van der Waals surface area contributed by atoms with Gasteiger partial charge in [0, 0.05) is 40.3 Å². The van der Waals surface area contributed by atoms with Gasteiger partial charge in [-0.1, -0.05) is 35.3 Å². The summed E-state index contributed by atoms with van der Waals surface area (Å²) in [6.45, 7) is 0.798. The molecule has 148 valence electrons. The van der Waals surface area contributed by atoms with Crippen molar-refractivity contribution in [2.24, 2.45) is 0 Å². The average molecular weight is 437 g/mol. The molecule has 3 unspecified atom stereocenters. The summed E-state index contributed by atoms with van der Waals surface area (Å²) in [5.41, 5.74) is 1.02. The van der Waals surface area contributed by atoms with Gasteiger partial charge < -0.3 is 14.0 Å². The number of thiophene rings is 1. The molecule has 1 aliphatic heterocycles. The van der Waals surface area contributed by atoms with Crippen molar-refractivity contribution in [1.29, 1.82) is 0 Å². The SMILES string of the molecule is Clc1ccc(CC(OC2CCCC(Cn3ccnc3)O2)c2cccs2)c(Cl)c1. The molecule has 0 N–H and O–H groups in total. The monoisotopic (exact) mass is 436 g/mol. The zero-order valence-corrected chi connectivity index (χ0v) is 17.7. The number of rotatable bonds is 7. The Morgan fingerprint density at radius 3 is 2.96 bits per heavy atom. The molecule has 1 saturated heterocycles. The molecule has 0 radical (unpaired) electrons. The van der Waals surface area contributed by atoms with Crippen LogP contribution in [-0.4, -0.2) is 21.9 Å². The number of hydrogen-bond donors (Lipinski definition) is 0. The van der Waals surface area contributed by atoms with Crippen molar-refractivity contribution < 1.29 is 9.47 Å². The van der Waals surface area contributed by atoms with Crippen LogP contribution in [0.1, 0.15) is 35.8 Å². The first-order valence-corrected chi connectivity index (χ1v) is 11.0. The van der Waals surface area contributed by atoms with Gasteiger partial charge >= 0.3 is 0 Å². The summed E-state index contributed by atoms with van der Waals surface area (Å²) in [5.74, 6) is 0. The zero-order chi connectivity index (χ0) is 19.3. The third-order valence-corrected chi connectivity index (χ3v) is 6.43. The third kappa shape index (κ3) is 5.16. The van der Waals surface area contributed by atoms with E-state index < -0.39 is 0 Å². The Hall–Kier alpha value is -1.37. The number of halogens is 2. The molecule has 7 heteroatoms. The summed E-state index contributed by atoms with van der Waals surface area (Å²) in [6, 6.07) is 9.77. The second kappa shape index (κ2) is 9.42. The smallest absolute Gasteiger partial charge is 0.158 e. The van der Waals surface area contributed by atoms with Gasteiger partial charge in [-0.25, -0.2) is 4.98 Å². The highest BCUT2D eigenvalue weighted by molar-refractivity contribution is 7.10. The van der Waals surface area contributed by atoms with Gasteiger partial charge in [-0.05, 0) is 48.4 Å². The second-order valence-electron chi connectivity index (χ2n) is 6.96. The van der Waals surface area contributed by atoms with Crippen LogP contribution in [-0.2, 0) is 22.4 Å². The van der Waals surface area contributed by atoms with Gasteiger partial charge in [0.15, 0.2) is 6.29 Å². The van der Waals surface area contributed by atoms with Crippen LogP contribution in [0.4, 0.5) is 0 Å². The van der Waals surface area contributed by atoms with E-state index in [9.17, 15) is 0 Å². The summed E-state index contributed by atoms with van der Waals surface area (Å²) >= 11 is 14.1. The van der Waals surface area contributed by atoms with Gasteiger partial charge in [-0.15, -0.1) is 11.3 Å². The van der Waals surface area contributed by atoms with E-state index in [-0.39, 0.29) is 18.5 Å². The molecule has 0 bridgehead atoms. The van der Waals surface area contributed by atoms with E-state index in [0.29, 0.717) is 16.5 Å². The fourth-order valence-electron chi connectivity index (χ4n) is 3.49. The van der Waals surface area contributed by atoms with Gasteiger partial charge in [-0.2, -0.15) is 0 Å². The molecule has 4 rings (SSSR count). The average Bonchev–Trinajstić information content (AvgIpc) is 3.37. The number of imidazole rings is 1. The number of nitrogens with zero attached hydrogens (tertiary/aromatic N) is 2. The van der Waals surface area contributed by atoms with Crippen LogP contribution in [0.25, 0.3) is 0 Å². The maximum Gasteiger partial charge on any atom is 0.158 e. The van der Waals surface area contributed by atoms with Gasteiger partial charge in [0.2, 0.25) is 0 Å². The Bertz CT molecular complexity index is 871. The van der Waals surface area contributed by atoms with E-state index in [1.54, 1.807) is 23.6 Å². The van der Waals surface area contributed by atoms with Crippen molar-refractivity contribution in [2.45, 2.75) is 50.7 Å². The molecule has 0 saturated carbocycles. The molecule has 3 atom stereocenters. The normalized spacial score (nSPS) is 20.9.